The van der Waals surface area contributed by atoms with Crippen molar-refractivity contribution in [2.45, 2.75) is 31.6 Å². The number of anilines is 1. The van der Waals surface area contributed by atoms with Gasteiger partial charge in [-0.2, -0.15) is 4.31 Å². The molecule has 1 aliphatic heterocycles. The van der Waals surface area contributed by atoms with Gasteiger partial charge in [0, 0.05) is 30.9 Å². The van der Waals surface area contributed by atoms with Crippen molar-refractivity contribution in [3.05, 3.63) is 57.6 Å². The van der Waals surface area contributed by atoms with Crippen molar-refractivity contribution in [2.75, 3.05) is 24.5 Å². The molecule has 28 heavy (non-hydrogen) atoms. The van der Waals surface area contributed by atoms with Crippen molar-refractivity contribution < 1.29 is 13.2 Å². The first-order valence-electron chi connectivity index (χ1n) is 9.19. The molecule has 0 saturated heterocycles. The SMILES string of the molecule is CCN(CC)S(=O)(=O)c1ccc2c(c1)CCCN2C(=O)c1ccc(Cl)c(Cl)c1. The van der Waals surface area contributed by atoms with E-state index in [1.54, 1.807) is 41.3 Å². The van der Waals surface area contributed by atoms with Gasteiger partial charge in [0.25, 0.3) is 5.91 Å². The number of nitrogens with zero attached hydrogens (tertiary/aromatic N) is 2. The van der Waals surface area contributed by atoms with Gasteiger partial charge in [0.1, 0.15) is 0 Å². The molecular formula is C20H22Cl2N2O3S. The molecular weight excluding hydrogens is 419 g/mol. The second-order valence-corrected chi connectivity index (χ2v) is 9.32. The molecule has 8 heteroatoms. The zero-order chi connectivity index (χ0) is 20.5. The molecule has 1 aliphatic rings. The Balaban J connectivity index is 1.97. The molecule has 0 atom stereocenters. The van der Waals surface area contributed by atoms with E-state index in [0.717, 1.165) is 24.1 Å². The summed E-state index contributed by atoms with van der Waals surface area (Å²) in [6.45, 7) is 5.03. The number of amides is 1. The summed E-state index contributed by atoms with van der Waals surface area (Å²) in [7, 11) is -3.54. The van der Waals surface area contributed by atoms with Gasteiger partial charge in [-0.3, -0.25) is 4.79 Å². The van der Waals surface area contributed by atoms with E-state index in [0.29, 0.717) is 35.2 Å². The first kappa shape index (κ1) is 21.1. The normalized spacial score (nSPS) is 14.2. The molecule has 0 saturated carbocycles. The number of sulfonamides is 1. The smallest absolute Gasteiger partial charge is 0.258 e. The average molecular weight is 441 g/mol. The van der Waals surface area contributed by atoms with Crippen molar-refractivity contribution in [1.82, 2.24) is 4.31 Å². The van der Waals surface area contributed by atoms with E-state index in [9.17, 15) is 13.2 Å². The summed E-state index contributed by atoms with van der Waals surface area (Å²) in [5.41, 5.74) is 2.04. The molecule has 0 aliphatic carbocycles. The highest BCUT2D eigenvalue weighted by Crippen LogP contribution is 2.32. The van der Waals surface area contributed by atoms with Crippen molar-refractivity contribution in [2.24, 2.45) is 0 Å². The molecule has 3 rings (SSSR count). The second kappa shape index (κ2) is 8.41. The Morgan fingerprint density at radius 3 is 2.43 bits per heavy atom. The number of hydrogen-bond acceptors (Lipinski definition) is 3. The van der Waals surface area contributed by atoms with Crippen LogP contribution in [0.1, 0.15) is 36.2 Å². The Kier molecular flexibility index (Phi) is 6.34. The lowest BCUT2D eigenvalue weighted by Gasteiger charge is -2.30. The quantitative estimate of drug-likeness (QED) is 0.681. The van der Waals surface area contributed by atoms with Gasteiger partial charge in [-0.25, -0.2) is 8.42 Å². The number of halogens is 2. The number of benzene rings is 2. The molecule has 0 unspecified atom stereocenters. The lowest BCUT2D eigenvalue weighted by molar-refractivity contribution is 0.0985. The van der Waals surface area contributed by atoms with Crippen LogP contribution in [0.4, 0.5) is 5.69 Å². The standard InChI is InChI=1S/C20H22Cl2N2O3S/c1-3-23(4-2)28(26,27)16-8-10-19-14(12-16)6-5-11-24(19)20(25)15-7-9-17(21)18(22)13-15/h7-10,12-13H,3-6,11H2,1-2H3. The number of fused-ring (bicyclic) bond motifs is 1. The van der Waals surface area contributed by atoms with Gasteiger partial charge in [-0.05, 0) is 54.8 Å². The summed E-state index contributed by atoms with van der Waals surface area (Å²) < 4.78 is 27.0. The molecule has 2 aromatic carbocycles. The largest absolute Gasteiger partial charge is 0.308 e. The van der Waals surface area contributed by atoms with Crippen molar-refractivity contribution in [3.8, 4) is 0 Å². The zero-order valence-corrected chi connectivity index (χ0v) is 18.1. The molecule has 5 nitrogen and oxygen atoms in total. The van der Waals surface area contributed by atoms with Crippen LogP contribution in [0, 0.1) is 0 Å². The van der Waals surface area contributed by atoms with E-state index in [-0.39, 0.29) is 10.8 Å². The fraction of sp³-hybridized carbons (Fsp3) is 0.350. The Morgan fingerprint density at radius 1 is 1.07 bits per heavy atom. The van der Waals surface area contributed by atoms with Crippen LogP contribution in [0.2, 0.25) is 10.0 Å². The number of aryl methyl sites for hydroxylation is 1. The van der Waals surface area contributed by atoms with Gasteiger partial charge < -0.3 is 4.90 Å². The Labute approximate surface area is 175 Å². The van der Waals surface area contributed by atoms with Crippen LogP contribution < -0.4 is 4.90 Å². The molecule has 1 amide bonds. The fourth-order valence-electron chi connectivity index (χ4n) is 3.44. The average Bonchev–Trinajstić information content (AvgIpc) is 2.69. The summed E-state index contributed by atoms with van der Waals surface area (Å²) in [6, 6.07) is 9.79. The topological polar surface area (TPSA) is 57.7 Å². The minimum absolute atomic E-state index is 0.182. The molecule has 0 spiro atoms. The monoisotopic (exact) mass is 440 g/mol. The molecule has 2 aromatic rings. The first-order chi connectivity index (χ1) is 13.3. The Bertz CT molecular complexity index is 1000. The maximum absolute atomic E-state index is 13.0. The first-order valence-corrected chi connectivity index (χ1v) is 11.4. The highest BCUT2D eigenvalue weighted by atomic mass is 35.5. The van der Waals surface area contributed by atoms with Gasteiger partial charge in [0.15, 0.2) is 0 Å². The predicted octanol–water partition coefficient (Wildman–Crippen LogP) is 4.62. The Hall–Kier alpha value is -1.60. The van der Waals surface area contributed by atoms with Crippen LogP contribution in [0.5, 0.6) is 0 Å². The van der Waals surface area contributed by atoms with Crippen LogP contribution >= 0.6 is 23.2 Å². The lowest BCUT2D eigenvalue weighted by atomic mass is 10.0. The van der Waals surface area contributed by atoms with Gasteiger partial charge in [-0.1, -0.05) is 37.0 Å². The van der Waals surface area contributed by atoms with E-state index in [2.05, 4.69) is 0 Å². The van der Waals surface area contributed by atoms with E-state index in [4.69, 9.17) is 23.2 Å². The second-order valence-electron chi connectivity index (χ2n) is 6.57. The number of carbonyl (C=O) groups is 1. The summed E-state index contributed by atoms with van der Waals surface area (Å²) in [6.07, 6.45) is 1.48. The number of hydrogen-bond donors (Lipinski definition) is 0. The summed E-state index contributed by atoms with van der Waals surface area (Å²) >= 11 is 12.0. The molecule has 1 heterocycles. The fourth-order valence-corrected chi connectivity index (χ4v) is 5.25. The molecule has 0 aromatic heterocycles. The molecule has 0 radical (unpaired) electrons. The minimum Gasteiger partial charge on any atom is -0.308 e. The zero-order valence-electron chi connectivity index (χ0n) is 15.8. The predicted molar refractivity (Wildman–Crippen MR) is 113 cm³/mol. The highest BCUT2D eigenvalue weighted by Gasteiger charge is 2.27. The van der Waals surface area contributed by atoms with E-state index >= 15 is 0 Å². The molecule has 0 bridgehead atoms. The van der Waals surface area contributed by atoms with Crippen LogP contribution in [-0.4, -0.2) is 38.3 Å². The maximum Gasteiger partial charge on any atom is 0.258 e. The van der Waals surface area contributed by atoms with Gasteiger partial charge in [0.2, 0.25) is 10.0 Å². The van der Waals surface area contributed by atoms with Crippen molar-refractivity contribution in [1.29, 1.82) is 0 Å². The highest BCUT2D eigenvalue weighted by molar-refractivity contribution is 7.89. The third-order valence-electron chi connectivity index (χ3n) is 4.92. The van der Waals surface area contributed by atoms with E-state index in [1.165, 1.54) is 4.31 Å². The van der Waals surface area contributed by atoms with Gasteiger partial charge >= 0.3 is 0 Å². The summed E-state index contributed by atoms with van der Waals surface area (Å²) in [5.74, 6) is -0.182. The maximum atomic E-state index is 13.0. The van der Waals surface area contributed by atoms with Gasteiger partial charge in [0.05, 0.1) is 14.9 Å². The van der Waals surface area contributed by atoms with Crippen molar-refractivity contribution in [3.63, 3.8) is 0 Å². The Morgan fingerprint density at radius 2 is 1.79 bits per heavy atom. The third-order valence-corrected chi connectivity index (χ3v) is 7.71. The molecule has 0 fully saturated rings. The van der Waals surface area contributed by atoms with Crippen LogP contribution in [0.3, 0.4) is 0 Å². The number of rotatable bonds is 5. The number of carbonyl (C=O) groups excluding carboxylic acids is 1. The van der Waals surface area contributed by atoms with Crippen LogP contribution in [0.15, 0.2) is 41.3 Å². The van der Waals surface area contributed by atoms with Crippen LogP contribution in [0.25, 0.3) is 0 Å². The van der Waals surface area contributed by atoms with E-state index in [1.807, 2.05) is 13.8 Å². The van der Waals surface area contributed by atoms with E-state index < -0.39 is 10.0 Å². The molecule has 150 valence electrons. The molecule has 0 N–H and O–H groups in total. The summed E-state index contributed by atoms with van der Waals surface area (Å²) in [5, 5.41) is 0.717. The van der Waals surface area contributed by atoms with Crippen LogP contribution in [-0.2, 0) is 16.4 Å². The lowest BCUT2D eigenvalue weighted by Crippen LogP contribution is -2.36. The summed E-state index contributed by atoms with van der Waals surface area (Å²) in [4.78, 5) is 14.9. The third kappa shape index (κ3) is 3.92. The van der Waals surface area contributed by atoms with Gasteiger partial charge in [-0.15, -0.1) is 0 Å². The van der Waals surface area contributed by atoms with Crippen molar-refractivity contribution >= 4 is 44.8 Å². The minimum atomic E-state index is -3.54.